The highest BCUT2D eigenvalue weighted by Crippen LogP contribution is 2.28. The van der Waals surface area contributed by atoms with E-state index in [1.165, 1.54) is 29.0 Å². The first-order valence-corrected chi connectivity index (χ1v) is 8.03. The highest BCUT2D eigenvalue weighted by molar-refractivity contribution is 7.14. The van der Waals surface area contributed by atoms with Gasteiger partial charge in [-0.05, 0) is 24.6 Å². The van der Waals surface area contributed by atoms with Crippen LogP contribution in [-0.4, -0.2) is 9.91 Å². The summed E-state index contributed by atoms with van der Waals surface area (Å²) < 4.78 is 0. The van der Waals surface area contributed by atoms with Crippen LogP contribution >= 0.6 is 11.3 Å². The van der Waals surface area contributed by atoms with E-state index in [9.17, 15) is 10.1 Å². The number of nitrogens with zero attached hydrogens (tertiary/aromatic N) is 2. The van der Waals surface area contributed by atoms with Crippen LogP contribution < -0.4 is 5.32 Å². The Balaban J connectivity index is 1.74. The molecule has 0 fully saturated rings. The molecule has 3 aromatic rings. The summed E-state index contributed by atoms with van der Waals surface area (Å²) in [7, 11) is 0. The standard InChI is InChI=1S/C17H15N3O2S/c1-12(13-5-3-2-4-6-13)18-17-19-16(11-23-17)14-7-9-15(10-8-14)20(21)22/h2-12H,1H3,(H,18,19). The maximum atomic E-state index is 10.7. The van der Waals surface area contributed by atoms with E-state index in [2.05, 4.69) is 29.4 Å². The molecule has 116 valence electrons. The molecule has 1 N–H and O–H groups in total. The van der Waals surface area contributed by atoms with Gasteiger partial charge in [-0.15, -0.1) is 11.3 Å². The smallest absolute Gasteiger partial charge is 0.269 e. The predicted octanol–water partition coefficient (Wildman–Crippen LogP) is 4.89. The fraction of sp³-hybridized carbons (Fsp3) is 0.118. The lowest BCUT2D eigenvalue weighted by molar-refractivity contribution is -0.384. The predicted molar refractivity (Wildman–Crippen MR) is 92.7 cm³/mol. The zero-order valence-corrected chi connectivity index (χ0v) is 13.3. The molecule has 3 rings (SSSR count). The van der Waals surface area contributed by atoms with Crippen molar-refractivity contribution in [3.63, 3.8) is 0 Å². The minimum atomic E-state index is -0.403. The third-order valence-electron chi connectivity index (χ3n) is 3.52. The lowest BCUT2D eigenvalue weighted by atomic mass is 10.1. The van der Waals surface area contributed by atoms with E-state index in [-0.39, 0.29) is 11.7 Å². The van der Waals surface area contributed by atoms with Gasteiger partial charge in [0.1, 0.15) is 0 Å². The van der Waals surface area contributed by atoms with Gasteiger partial charge in [-0.1, -0.05) is 30.3 Å². The second kappa shape index (κ2) is 6.58. The number of anilines is 1. The maximum Gasteiger partial charge on any atom is 0.269 e. The molecule has 0 amide bonds. The van der Waals surface area contributed by atoms with E-state index in [1.807, 2.05) is 23.6 Å². The van der Waals surface area contributed by atoms with Crippen molar-refractivity contribution in [1.29, 1.82) is 0 Å². The molecule has 6 heteroatoms. The quantitative estimate of drug-likeness (QED) is 0.535. The van der Waals surface area contributed by atoms with Crippen molar-refractivity contribution in [2.45, 2.75) is 13.0 Å². The normalized spacial score (nSPS) is 11.9. The molecular formula is C17H15N3O2S. The van der Waals surface area contributed by atoms with Crippen LogP contribution in [0.15, 0.2) is 60.0 Å². The zero-order chi connectivity index (χ0) is 16.2. The first-order chi connectivity index (χ1) is 11.1. The lowest BCUT2D eigenvalue weighted by Gasteiger charge is -2.12. The molecule has 0 bridgehead atoms. The summed E-state index contributed by atoms with van der Waals surface area (Å²) in [4.78, 5) is 14.8. The summed E-state index contributed by atoms with van der Waals surface area (Å²) in [5.41, 5.74) is 2.96. The van der Waals surface area contributed by atoms with Crippen LogP contribution in [0.1, 0.15) is 18.5 Å². The Morgan fingerprint density at radius 3 is 2.48 bits per heavy atom. The van der Waals surface area contributed by atoms with Gasteiger partial charge >= 0.3 is 0 Å². The molecule has 1 unspecified atom stereocenters. The molecule has 23 heavy (non-hydrogen) atoms. The van der Waals surface area contributed by atoms with E-state index in [0.29, 0.717) is 0 Å². The second-order valence-corrected chi connectivity index (χ2v) is 5.98. The highest BCUT2D eigenvalue weighted by Gasteiger charge is 2.10. The fourth-order valence-corrected chi connectivity index (χ4v) is 3.04. The van der Waals surface area contributed by atoms with Gasteiger partial charge < -0.3 is 5.32 Å². The molecule has 0 aliphatic rings. The summed E-state index contributed by atoms with van der Waals surface area (Å²) in [5, 5.41) is 16.8. The number of non-ortho nitro benzene ring substituents is 1. The number of nitro benzene ring substituents is 1. The molecule has 0 aliphatic heterocycles. The Kier molecular flexibility index (Phi) is 4.34. The maximum absolute atomic E-state index is 10.7. The Morgan fingerprint density at radius 2 is 1.83 bits per heavy atom. The largest absolute Gasteiger partial charge is 0.355 e. The number of benzene rings is 2. The molecule has 0 saturated heterocycles. The zero-order valence-electron chi connectivity index (χ0n) is 12.5. The van der Waals surface area contributed by atoms with E-state index < -0.39 is 4.92 Å². The van der Waals surface area contributed by atoms with Gasteiger partial charge in [-0.2, -0.15) is 0 Å². The van der Waals surface area contributed by atoms with Gasteiger partial charge in [-0.25, -0.2) is 4.98 Å². The summed E-state index contributed by atoms with van der Waals surface area (Å²) in [6.07, 6.45) is 0. The van der Waals surface area contributed by atoms with Crippen molar-refractivity contribution in [2.24, 2.45) is 0 Å². The molecule has 5 nitrogen and oxygen atoms in total. The number of thiazole rings is 1. The van der Waals surface area contributed by atoms with Crippen LogP contribution in [0.2, 0.25) is 0 Å². The van der Waals surface area contributed by atoms with Crippen LogP contribution in [0.5, 0.6) is 0 Å². The topological polar surface area (TPSA) is 68.1 Å². The molecule has 0 saturated carbocycles. The third-order valence-corrected chi connectivity index (χ3v) is 4.29. The summed E-state index contributed by atoms with van der Waals surface area (Å²) >= 11 is 1.52. The van der Waals surface area contributed by atoms with Crippen molar-refractivity contribution in [3.05, 3.63) is 75.7 Å². The van der Waals surface area contributed by atoms with Crippen LogP contribution in [0.25, 0.3) is 11.3 Å². The minimum absolute atomic E-state index is 0.0834. The van der Waals surface area contributed by atoms with Crippen LogP contribution in [0.4, 0.5) is 10.8 Å². The number of nitro groups is 1. The van der Waals surface area contributed by atoms with Crippen molar-refractivity contribution in [3.8, 4) is 11.3 Å². The average Bonchev–Trinajstić information content (AvgIpc) is 3.04. The molecule has 0 radical (unpaired) electrons. The van der Waals surface area contributed by atoms with Crippen molar-refractivity contribution in [2.75, 3.05) is 5.32 Å². The van der Waals surface area contributed by atoms with Gasteiger partial charge in [0, 0.05) is 23.1 Å². The van der Waals surface area contributed by atoms with E-state index in [0.717, 1.165) is 16.4 Å². The molecular weight excluding hydrogens is 310 g/mol. The molecule has 2 aromatic carbocycles. The van der Waals surface area contributed by atoms with Crippen LogP contribution in [0, 0.1) is 10.1 Å². The van der Waals surface area contributed by atoms with Gasteiger partial charge in [0.25, 0.3) is 5.69 Å². The van der Waals surface area contributed by atoms with Crippen molar-refractivity contribution in [1.82, 2.24) is 4.98 Å². The van der Waals surface area contributed by atoms with Crippen molar-refractivity contribution >= 4 is 22.2 Å². The Morgan fingerprint density at radius 1 is 1.13 bits per heavy atom. The summed E-state index contributed by atoms with van der Waals surface area (Å²) in [6, 6.07) is 16.7. The average molecular weight is 325 g/mol. The summed E-state index contributed by atoms with van der Waals surface area (Å²) in [6.45, 7) is 2.09. The number of hydrogen-bond donors (Lipinski definition) is 1. The Hall–Kier alpha value is -2.73. The number of nitrogens with one attached hydrogen (secondary N) is 1. The van der Waals surface area contributed by atoms with Crippen LogP contribution in [0.3, 0.4) is 0 Å². The van der Waals surface area contributed by atoms with Gasteiger partial charge in [0.2, 0.25) is 0 Å². The first-order valence-electron chi connectivity index (χ1n) is 7.15. The van der Waals surface area contributed by atoms with E-state index in [4.69, 9.17) is 0 Å². The Bertz CT molecular complexity index is 800. The minimum Gasteiger partial charge on any atom is -0.355 e. The number of aromatic nitrogens is 1. The van der Waals surface area contributed by atoms with Crippen LogP contribution in [-0.2, 0) is 0 Å². The second-order valence-electron chi connectivity index (χ2n) is 5.12. The van der Waals surface area contributed by atoms with E-state index >= 15 is 0 Å². The monoisotopic (exact) mass is 325 g/mol. The SMILES string of the molecule is CC(Nc1nc(-c2ccc([N+](=O)[O-])cc2)cs1)c1ccccc1. The molecule has 0 spiro atoms. The number of hydrogen-bond acceptors (Lipinski definition) is 5. The first kappa shape index (κ1) is 15.2. The molecule has 1 heterocycles. The summed E-state index contributed by atoms with van der Waals surface area (Å²) in [5.74, 6) is 0. The molecule has 1 atom stereocenters. The molecule has 1 aromatic heterocycles. The van der Waals surface area contributed by atoms with Gasteiger partial charge in [0.05, 0.1) is 16.7 Å². The highest BCUT2D eigenvalue weighted by atomic mass is 32.1. The number of rotatable bonds is 5. The lowest BCUT2D eigenvalue weighted by Crippen LogP contribution is -2.05. The molecule has 0 aliphatic carbocycles. The van der Waals surface area contributed by atoms with E-state index in [1.54, 1.807) is 12.1 Å². The van der Waals surface area contributed by atoms with Gasteiger partial charge in [0.15, 0.2) is 5.13 Å². The van der Waals surface area contributed by atoms with Gasteiger partial charge in [-0.3, -0.25) is 10.1 Å². The third kappa shape index (κ3) is 3.54. The Labute approximate surface area is 137 Å². The van der Waals surface area contributed by atoms with Crippen molar-refractivity contribution < 1.29 is 4.92 Å². The fourth-order valence-electron chi connectivity index (χ4n) is 2.24.